The van der Waals surface area contributed by atoms with Gasteiger partial charge in [0.25, 0.3) is 17.7 Å². The first-order chi connectivity index (χ1) is 31.7. The number of benzene rings is 1. The summed E-state index contributed by atoms with van der Waals surface area (Å²) in [4.78, 5) is 146. The van der Waals surface area contributed by atoms with Gasteiger partial charge < -0.3 is 89.3 Å². The number of aliphatic carboxylic acids is 1. The number of β-amino-alcohol motifs (C(OH)–C–C–N with tert-alkyl or cyclic N) is 1. The number of carboxylic acid groups (broad SMARTS) is 1. The fraction of sp³-hybridized carbons (Fsp3) is 0.525. The van der Waals surface area contributed by atoms with E-state index in [0.29, 0.717) is 0 Å². The Labute approximate surface area is 387 Å². The van der Waals surface area contributed by atoms with Crippen molar-refractivity contribution in [3.05, 3.63) is 41.5 Å². The summed E-state index contributed by atoms with van der Waals surface area (Å²) >= 11 is 0. The molecule has 28 nitrogen and oxygen atoms in total. The predicted octanol–water partition coefficient (Wildman–Crippen LogP) is -8.78. The van der Waals surface area contributed by atoms with Crippen molar-refractivity contribution < 1.29 is 88.5 Å². The Hall–Kier alpha value is -7.27. The molecule has 68 heavy (non-hydrogen) atoms. The zero-order valence-electron chi connectivity index (χ0n) is 37.3. The monoisotopic (exact) mass is 966 g/mol. The Morgan fingerprint density at radius 1 is 0.765 bits per heavy atom. The number of nitrogens with one attached hydrogen (secondary N) is 9. The number of rotatable bonds is 14. The van der Waals surface area contributed by atoms with E-state index in [2.05, 4.69) is 21.3 Å². The van der Waals surface area contributed by atoms with Crippen LogP contribution in [-0.2, 0) is 59.2 Å². The average Bonchev–Trinajstić information content (AvgIpc) is 3.28. The van der Waals surface area contributed by atoms with E-state index < -0.39 is 164 Å². The summed E-state index contributed by atoms with van der Waals surface area (Å²) in [6.07, 6.45) is -8.46. The van der Waals surface area contributed by atoms with Crippen LogP contribution in [0.3, 0.4) is 0 Å². The first-order valence-corrected chi connectivity index (χ1v) is 20.7. The molecule has 0 radical (unpaired) electrons. The normalized spacial score (nSPS) is 24.8. The molecule has 11 unspecified atom stereocenters. The molecule has 0 aliphatic carbocycles. The third kappa shape index (κ3) is 16.6. The van der Waals surface area contributed by atoms with Gasteiger partial charge in [-0.2, -0.15) is 0 Å². The molecular weight excluding hydrogens is 908 g/mol. The van der Waals surface area contributed by atoms with Gasteiger partial charge in [0.05, 0.1) is 19.3 Å². The van der Waals surface area contributed by atoms with Gasteiger partial charge in [-0.1, -0.05) is 32.1 Å². The van der Waals surface area contributed by atoms with Gasteiger partial charge in [0.2, 0.25) is 41.4 Å². The Bertz CT molecular complexity index is 2080. The maximum atomic E-state index is 14.0. The molecule has 0 spiro atoms. The predicted molar refractivity (Wildman–Crippen MR) is 229 cm³/mol. The summed E-state index contributed by atoms with van der Waals surface area (Å²) in [5.41, 5.74) is 5.45. The second kappa shape index (κ2) is 26.2. The molecule has 1 aliphatic rings. The minimum absolute atomic E-state index is 0.107. The highest BCUT2D eigenvalue weighted by Gasteiger charge is 2.42. The molecule has 1 fully saturated rings. The highest BCUT2D eigenvalue weighted by molar-refractivity contribution is 6.09. The molecule has 1 aromatic rings. The number of carboxylic acids is 1. The largest absolute Gasteiger partial charge is 0.508 e. The van der Waals surface area contributed by atoms with E-state index in [1.165, 1.54) is 58.0 Å². The van der Waals surface area contributed by atoms with Gasteiger partial charge in [-0.15, -0.1) is 0 Å². The summed E-state index contributed by atoms with van der Waals surface area (Å²) < 4.78 is 0. The molecule has 1 aromatic carbocycles. The van der Waals surface area contributed by atoms with E-state index in [9.17, 15) is 88.5 Å². The molecule has 0 aromatic heterocycles. The summed E-state index contributed by atoms with van der Waals surface area (Å²) in [5.74, 6) is -16.9. The number of amides is 10. The zero-order chi connectivity index (χ0) is 51.7. The molecule has 28 heteroatoms. The molecule has 1 heterocycles. The van der Waals surface area contributed by atoms with Crippen LogP contribution in [0.25, 0.3) is 0 Å². The van der Waals surface area contributed by atoms with Crippen molar-refractivity contribution in [3.8, 4) is 5.75 Å². The highest BCUT2D eigenvalue weighted by atomic mass is 16.4. The van der Waals surface area contributed by atoms with E-state index in [-0.39, 0.29) is 16.9 Å². The second-order valence-corrected chi connectivity index (χ2v) is 15.7. The molecule has 11 atom stereocenters. The van der Waals surface area contributed by atoms with Crippen molar-refractivity contribution in [2.24, 2.45) is 11.7 Å². The standard InChI is InChI=1S/C40H58N10O18/c1-6-16(4)31(58)42-12-21-32(59)46-22(14-51)33(60)47-24(15(2)3)36(63)49-26(28(55)29(56)30(41)57)37(64)48-25(17(5)52)35(62)43-13-23(54)34(61)50-27(39(66)45-21)38(65)44-20(40(67)68)11-18-7-9-19(53)10-8-18/h6-10,15,17,20-29,51-56H,11-14H2,1-5H3,(H2,41,57)(H,42,58)(H,43,62)(H,44,65)(H,45,66)(H,46,59)(H,47,60)(H,48,64)(H,49,63)(H,50,61)(H,67,68)/b16-6-. The van der Waals surface area contributed by atoms with Crippen LogP contribution in [0.15, 0.2) is 35.9 Å². The highest BCUT2D eigenvalue weighted by Crippen LogP contribution is 2.12. The van der Waals surface area contributed by atoms with Crippen LogP contribution < -0.4 is 53.6 Å². The van der Waals surface area contributed by atoms with Crippen LogP contribution in [0.4, 0.5) is 0 Å². The summed E-state index contributed by atoms with van der Waals surface area (Å²) in [6, 6.07) is -9.55. The number of allylic oxidation sites excluding steroid dienone is 1. The van der Waals surface area contributed by atoms with Crippen LogP contribution in [0.2, 0.25) is 0 Å². The lowest BCUT2D eigenvalue weighted by Gasteiger charge is -2.31. The Morgan fingerprint density at radius 2 is 1.31 bits per heavy atom. The molecule has 376 valence electrons. The summed E-state index contributed by atoms with van der Waals surface area (Å²) in [7, 11) is 0. The summed E-state index contributed by atoms with van der Waals surface area (Å²) in [5, 5.41) is 90.8. The molecule has 18 N–H and O–H groups in total. The smallest absolute Gasteiger partial charge is 0.326 e. The molecule has 10 amide bonds. The fourth-order valence-corrected chi connectivity index (χ4v) is 5.94. The fourth-order valence-electron chi connectivity index (χ4n) is 5.94. The summed E-state index contributed by atoms with van der Waals surface area (Å²) in [6.45, 7) is 3.41. The molecule has 0 bridgehead atoms. The van der Waals surface area contributed by atoms with Crippen molar-refractivity contribution in [3.63, 3.8) is 0 Å². The Kier molecular flexibility index (Phi) is 21.9. The Balaban J connectivity index is 2.78. The lowest BCUT2D eigenvalue weighted by atomic mass is 9.99. The van der Waals surface area contributed by atoms with Crippen LogP contribution >= 0.6 is 0 Å². The number of aliphatic hydroxyl groups is 5. The lowest BCUT2D eigenvalue weighted by Crippen LogP contribution is -2.66. The van der Waals surface area contributed by atoms with Crippen LogP contribution in [0.1, 0.15) is 40.2 Å². The minimum atomic E-state index is -2.56. The first-order valence-electron chi connectivity index (χ1n) is 20.7. The van der Waals surface area contributed by atoms with Crippen molar-refractivity contribution in [2.75, 3.05) is 19.7 Å². The molecule has 0 saturated carbocycles. The van der Waals surface area contributed by atoms with Crippen LogP contribution in [0.5, 0.6) is 5.75 Å². The van der Waals surface area contributed by atoms with Gasteiger partial charge in [-0.3, -0.25) is 47.9 Å². The first kappa shape index (κ1) is 56.9. The van der Waals surface area contributed by atoms with Gasteiger partial charge >= 0.3 is 5.97 Å². The third-order valence-corrected chi connectivity index (χ3v) is 10.1. The molecule has 2 rings (SSSR count). The molecule has 1 saturated heterocycles. The van der Waals surface area contributed by atoms with E-state index in [1.54, 1.807) is 0 Å². The maximum absolute atomic E-state index is 14.0. The van der Waals surface area contributed by atoms with Crippen molar-refractivity contribution >= 4 is 65.0 Å². The SMILES string of the molecule is C/C=C(/C)C(=O)NCC1NC(=O)C(C(=O)NC(Cc2ccc(O)cc2)C(=O)O)NC(=O)C(O)CNC(=O)C(C(C)O)NC(=O)C(C(O)C(O)C(N)=O)NC(=O)C(C(C)C)NC(=O)C(CO)NC1=O. The number of aliphatic hydroxyl groups excluding tert-OH is 5. The quantitative estimate of drug-likeness (QED) is 0.0608. The number of hydrogen-bond donors (Lipinski definition) is 17. The average molecular weight is 967 g/mol. The third-order valence-electron chi connectivity index (χ3n) is 10.1. The van der Waals surface area contributed by atoms with Gasteiger partial charge in [0.1, 0.15) is 54.2 Å². The van der Waals surface area contributed by atoms with Gasteiger partial charge in [0, 0.05) is 18.5 Å². The van der Waals surface area contributed by atoms with Crippen molar-refractivity contribution in [2.45, 2.75) is 108 Å². The van der Waals surface area contributed by atoms with Crippen molar-refractivity contribution in [1.82, 2.24) is 47.9 Å². The minimum Gasteiger partial charge on any atom is -0.508 e. The lowest BCUT2D eigenvalue weighted by molar-refractivity contribution is -0.145. The van der Waals surface area contributed by atoms with Gasteiger partial charge in [0.15, 0.2) is 12.1 Å². The van der Waals surface area contributed by atoms with E-state index >= 15 is 0 Å². The maximum Gasteiger partial charge on any atom is 0.326 e. The van der Waals surface area contributed by atoms with E-state index in [1.807, 2.05) is 26.6 Å². The Morgan fingerprint density at radius 3 is 1.84 bits per heavy atom. The topological polar surface area (TPSA) is 464 Å². The van der Waals surface area contributed by atoms with Crippen LogP contribution in [-0.4, -0.2) is 187 Å². The number of hydrogen-bond acceptors (Lipinski definition) is 17. The molecular formula is C40H58N10O18. The van der Waals surface area contributed by atoms with Gasteiger partial charge in [-0.25, -0.2) is 4.79 Å². The van der Waals surface area contributed by atoms with E-state index in [0.717, 1.165) is 6.92 Å². The number of phenolic OH excluding ortho intramolecular Hbond substituents is 1. The van der Waals surface area contributed by atoms with Crippen LogP contribution in [0, 0.1) is 5.92 Å². The van der Waals surface area contributed by atoms with Crippen molar-refractivity contribution in [1.29, 1.82) is 0 Å². The number of carbonyl (C=O) groups excluding carboxylic acids is 10. The number of nitrogens with two attached hydrogens (primary N) is 1. The van der Waals surface area contributed by atoms with E-state index in [4.69, 9.17) is 5.73 Å². The number of carbonyl (C=O) groups is 11. The molecule has 1 aliphatic heterocycles. The zero-order valence-corrected chi connectivity index (χ0v) is 37.3. The number of primary amides is 1. The second-order valence-electron chi connectivity index (χ2n) is 15.7. The van der Waals surface area contributed by atoms with Gasteiger partial charge in [-0.05, 0) is 44.4 Å². The number of aromatic hydroxyl groups is 1. The number of phenols is 1.